The number of hydrogen-bond acceptors (Lipinski definition) is 2. The van der Waals surface area contributed by atoms with Gasteiger partial charge < -0.3 is 14.8 Å². The largest absolute Gasteiger partial charge is 0.358 e. The molecule has 5 heteroatoms. The number of fused-ring (bicyclic) bond motifs is 1. The number of nitrogens with one attached hydrogen (secondary N) is 1. The molecule has 0 spiro atoms. The lowest BCUT2D eigenvalue weighted by Gasteiger charge is -2.34. The Kier molecular flexibility index (Phi) is 4.46. The molecular weight excluding hydrogens is 350 g/mol. The van der Waals surface area contributed by atoms with Crippen LogP contribution >= 0.6 is 0 Å². The van der Waals surface area contributed by atoms with Crippen LogP contribution in [0.15, 0.2) is 36.4 Å². The van der Waals surface area contributed by atoms with Gasteiger partial charge in [0.1, 0.15) is 6.54 Å². The third-order valence-corrected chi connectivity index (χ3v) is 5.60. The van der Waals surface area contributed by atoms with Crippen LogP contribution in [0.5, 0.6) is 0 Å². The maximum Gasteiger partial charge on any atom is 0.256 e. The average molecular weight is 375 g/mol. The topological polar surface area (TPSA) is 56.4 Å². The first-order chi connectivity index (χ1) is 13.3. The number of H-pyrrole nitrogens is 1. The summed E-state index contributed by atoms with van der Waals surface area (Å²) < 4.78 is 0. The molecular formula is C23H25N3O2. The molecule has 0 unspecified atom stereocenters. The van der Waals surface area contributed by atoms with Crippen molar-refractivity contribution in [1.29, 1.82) is 0 Å². The Morgan fingerprint density at radius 1 is 1.00 bits per heavy atom. The average Bonchev–Trinajstić information content (AvgIpc) is 2.94. The van der Waals surface area contributed by atoms with Gasteiger partial charge in [-0.05, 0) is 62.6 Å². The van der Waals surface area contributed by atoms with Crippen molar-refractivity contribution in [2.45, 2.75) is 27.7 Å². The minimum atomic E-state index is -0.0970. The monoisotopic (exact) mass is 375 g/mol. The predicted octanol–water partition coefficient (Wildman–Crippen LogP) is 3.89. The van der Waals surface area contributed by atoms with E-state index in [1.807, 2.05) is 51.1 Å². The van der Waals surface area contributed by atoms with Crippen LogP contribution in [0.3, 0.4) is 0 Å². The van der Waals surface area contributed by atoms with Gasteiger partial charge in [0.25, 0.3) is 5.91 Å². The van der Waals surface area contributed by atoms with Crippen LogP contribution in [0.4, 0.5) is 5.69 Å². The Balaban J connectivity index is 1.59. The molecule has 1 N–H and O–H groups in total. The van der Waals surface area contributed by atoms with Crippen molar-refractivity contribution in [2.24, 2.45) is 0 Å². The highest BCUT2D eigenvalue weighted by atomic mass is 16.2. The van der Waals surface area contributed by atoms with Gasteiger partial charge in [-0.2, -0.15) is 0 Å². The Hall–Kier alpha value is -3.08. The molecule has 1 saturated heterocycles. The van der Waals surface area contributed by atoms with E-state index in [0.717, 1.165) is 39.0 Å². The second kappa shape index (κ2) is 6.82. The molecule has 1 aliphatic heterocycles. The Labute approximate surface area is 165 Å². The van der Waals surface area contributed by atoms with Gasteiger partial charge >= 0.3 is 0 Å². The predicted molar refractivity (Wildman–Crippen MR) is 112 cm³/mol. The first-order valence-electron chi connectivity index (χ1n) is 9.61. The number of nitrogens with zero attached hydrogens (tertiary/aromatic N) is 2. The number of piperazine rings is 1. The number of aromatic nitrogens is 1. The zero-order valence-corrected chi connectivity index (χ0v) is 16.8. The first kappa shape index (κ1) is 18.3. The Bertz CT molecular complexity index is 1080. The number of rotatable bonds is 2. The molecule has 3 aromatic rings. The summed E-state index contributed by atoms with van der Waals surface area (Å²) in [6, 6.07) is 11.9. The third kappa shape index (κ3) is 3.07. The fraction of sp³-hybridized carbons (Fsp3) is 0.304. The molecule has 144 valence electrons. The molecule has 2 amide bonds. The molecule has 28 heavy (non-hydrogen) atoms. The smallest absolute Gasteiger partial charge is 0.256 e. The molecule has 0 saturated carbocycles. The van der Waals surface area contributed by atoms with E-state index in [2.05, 4.69) is 18.0 Å². The number of amides is 2. The van der Waals surface area contributed by atoms with Gasteiger partial charge in [0.05, 0.1) is 11.1 Å². The molecule has 4 rings (SSSR count). The highest BCUT2D eigenvalue weighted by molar-refractivity contribution is 6.08. The number of aryl methyl sites for hydroxylation is 4. The van der Waals surface area contributed by atoms with Crippen molar-refractivity contribution in [3.05, 3.63) is 64.3 Å². The van der Waals surface area contributed by atoms with Gasteiger partial charge in [0.2, 0.25) is 5.91 Å². The summed E-state index contributed by atoms with van der Waals surface area (Å²) in [5, 5.41) is 1.06. The molecule has 2 aromatic carbocycles. The van der Waals surface area contributed by atoms with E-state index in [0.29, 0.717) is 18.7 Å². The van der Waals surface area contributed by atoms with Crippen LogP contribution < -0.4 is 4.90 Å². The van der Waals surface area contributed by atoms with Crippen molar-refractivity contribution in [2.75, 3.05) is 24.5 Å². The van der Waals surface area contributed by atoms with Crippen molar-refractivity contribution in [1.82, 2.24) is 9.88 Å². The minimum absolute atomic E-state index is 0.0457. The van der Waals surface area contributed by atoms with E-state index in [1.54, 1.807) is 9.80 Å². The van der Waals surface area contributed by atoms with Crippen molar-refractivity contribution in [3.63, 3.8) is 0 Å². The van der Waals surface area contributed by atoms with Crippen LogP contribution in [-0.4, -0.2) is 41.3 Å². The molecule has 1 fully saturated rings. The number of benzene rings is 2. The first-order valence-corrected chi connectivity index (χ1v) is 9.61. The molecule has 0 atom stereocenters. The third-order valence-electron chi connectivity index (χ3n) is 5.60. The lowest BCUT2D eigenvalue weighted by Crippen LogP contribution is -2.52. The van der Waals surface area contributed by atoms with Crippen molar-refractivity contribution >= 4 is 28.4 Å². The van der Waals surface area contributed by atoms with E-state index in [9.17, 15) is 9.59 Å². The van der Waals surface area contributed by atoms with Gasteiger partial charge in [0, 0.05) is 29.9 Å². The maximum absolute atomic E-state index is 13.2. The molecule has 0 radical (unpaired) electrons. The molecule has 5 nitrogen and oxygen atoms in total. The van der Waals surface area contributed by atoms with Gasteiger partial charge in [-0.25, -0.2) is 0 Å². The molecule has 0 bridgehead atoms. The second-order valence-electron chi connectivity index (χ2n) is 7.72. The highest BCUT2D eigenvalue weighted by Gasteiger charge is 2.29. The molecule has 1 aliphatic rings. The number of para-hydroxylation sites is 1. The summed E-state index contributed by atoms with van der Waals surface area (Å²) in [5.74, 6) is -0.143. The second-order valence-corrected chi connectivity index (χ2v) is 7.72. The number of carbonyl (C=O) groups excluding carboxylic acids is 2. The molecule has 2 heterocycles. The Morgan fingerprint density at radius 3 is 2.39 bits per heavy atom. The molecule has 1 aromatic heterocycles. The van der Waals surface area contributed by atoms with Crippen LogP contribution in [0, 0.1) is 27.7 Å². The van der Waals surface area contributed by atoms with Gasteiger partial charge in [0.15, 0.2) is 0 Å². The lowest BCUT2D eigenvalue weighted by molar-refractivity contribution is -0.120. The van der Waals surface area contributed by atoms with Gasteiger partial charge in [-0.1, -0.05) is 18.2 Å². The van der Waals surface area contributed by atoms with Crippen LogP contribution in [0.1, 0.15) is 32.7 Å². The highest BCUT2D eigenvalue weighted by Crippen LogP contribution is 2.26. The summed E-state index contributed by atoms with van der Waals surface area (Å²) in [5.41, 5.74) is 6.86. The minimum Gasteiger partial charge on any atom is -0.358 e. The summed E-state index contributed by atoms with van der Waals surface area (Å²) in [4.78, 5) is 32.7. The summed E-state index contributed by atoms with van der Waals surface area (Å²) in [6.07, 6.45) is 0. The standard InChI is InChI=1S/C23H25N3O2/c1-14-10-15(2)12-18(11-14)26-9-8-25(13-21(26)27)23(28)20-7-5-6-19-16(3)17(4)24-22(19)20/h5-7,10-12,24H,8-9,13H2,1-4H3. The number of hydrogen-bond donors (Lipinski definition) is 1. The quantitative estimate of drug-likeness (QED) is 0.739. The van der Waals surface area contributed by atoms with Gasteiger partial charge in [-0.15, -0.1) is 0 Å². The SMILES string of the molecule is Cc1cc(C)cc(N2CCN(C(=O)c3cccc4c(C)c(C)[nH]c34)CC2=O)c1. The van der Waals surface area contributed by atoms with Crippen LogP contribution in [0.25, 0.3) is 10.9 Å². The zero-order chi connectivity index (χ0) is 20.0. The van der Waals surface area contributed by atoms with Crippen molar-refractivity contribution in [3.8, 4) is 0 Å². The van der Waals surface area contributed by atoms with Crippen molar-refractivity contribution < 1.29 is 9.59 Å². The number of anilines is 1. The van der Waals surface area contributed by atoms with E-state index < -0.39 is 0 Å². The maximum atomic E-state index is 13.2. The summed E-state index contributed by atoms with van der Waals surface area (Å²) in [7, 11) is 0. The fourth-order valence-corrected chi connectivity index (χ4v) is 4.06. The number of aromatic amines is 1. The van der Waals surface area contributed by atoms with Crippen LogP contribution in [-0.2, 0) is 4.79 Å². The fourth-order valence-electron chi connectivity index (χ4n) is 4.06. The molecule has 0 aliphatic carbocycles. The van der Waals surface area contributed by atoms with E-state index in [-0.39, 0.29) is 18.4 Å². The Morgan fingerprint density at radius 2 is 1.71 bits per heavy atom. The van der Waals surface area contributed by atoms with Crippen LogP contribution in [0.2, 0.25) is 0 Å². The summed E-state index contributed by atoms with van der Waals surface area (Å²) in [6.45, 7) is 9.24. The summed E-state index contributed by atoms with van der Waals surface area (Å²) >= 11 is 0. The van der Waals surface area contributed by atoms with E-state index in [1.165, 1.54) is 0 Å². The number of carbonyl (C=O) groups is 2. The van der Waals surface area contributed by atoms with E-state index >= 15 is 0 Å². The van der Waals surface area contributed by atoms with E-state index in [4.69, 9.17) is 0 Å². The van der Waals surface area contributed by atoms with Gasteiger partial charge in [-0.3, -0.25) is 9.59 Å². The zero-order valence-electron chi connectivity index (χ0n) is 16.8. The lowest BCUT2D eigenvalue weighted by atomic mass is 10.1. The normalized spacial score (nSPS) is 14.8.